The van der Waals surface area contributed by atoms with E-state index in [1.54, 1.807) is 42.5 Å². The van der Waals surface area contributed by atoms with Crippen molar-refractivity contribution in [1.29, 1.82) is 0 Å². The van der Waals surface area contributed by atoms with Crippen LogP contribution in [0.25, 0.3) is 21.5 Å². The summed E-state index contributed by atoms with van der Waals surface area (Å²) in [6, 6.07) is 36.4. The molecule has 14 heteroatoms. The molecule has 0 amide bonds. The smallest absolute Gasteiger partial charge is 0.262 e. The van der Waals surface area contributed by atoms with Crippen molar-refractivity contribution in [1.82, 2.24) is 10.6 Å². The summed E-state index contributed by atoms with van der Waals surface area (Å²) >= 11 is 6.35. The summed E-state index contributed by atoms with van der Waals surface area (Å²) in [5.74, 6) is 0.454. The van der Waals surface area contributed by atoms with E-state index >= 15 is 0 Å². The molecule has 6 aromatic carbocycles. The Bertz CT molecular complexity index is 2700. The maximum absolute atomic E-state index is 13.4. The van der Waals surface area contributed by atoms with E-state index in [4.69, 9.17) is 16.3 Å². The molecular formula is C46H53ClN6O5S2. The molecule has 2 fully saturated rings. The summed E-state index contributed by atoms with van der Waals surface area (Å²) in [7, 11) is -6.10. The number of hydrogen-bond acceptors (Lipinski definition) is 9. The predicted octanol–water partition coefficient (Wildman–Crippen LogP) is 8.62. The van der Waals surface area contributed by atoms with E-state index in [0.717, 1.165) is 59.3 Å². The van der Waals surface area contributed by atoms with Crippen molar-refractivity contribution in [2.24, 2.45) is 0 Å². The number of anilines is 4. The predicted molar refractivity (Wildman–Crippen MR) is 247 cm³/mol. The van der Waals surface area contributed by atoms with Gasteiger partial charge in [0.2, 0.25) is 0 Å². The van der Waals surface area contributed by atoms with E-state index in [-0.39, 0.29) is 4.90 Å². The highest BCUT2D eigenvalue weighted by atomic mass is 35.5. The second kappa shape index (κ2) is 17.9. The van der Waals surface area contributed by atoms with Gasteiger partial charge in [-0.1, -0.05) is 78.3 Å². The lowest BCUT2D eigenvalue weighted by Gasteiger charge is -2.38. The molecule has 0 radical (unpaired) electrons. The molecule has 0 unspecified atom stereocenters. The molecule has 4 N–H and O–H groups in total. The maximum Gasteiger partial charge on any atom is 0.262 e. The van der Waals surface area contributed by atoms with E-state index < -0.39 is 20.0 Å². The molecule has 60 heavy (non-hydrogen) atoms. The zero-order valence-electron chi connectivity index (χ0n) is 34.7. The fraction of sp³-hybridized carbons (Fsp3) is 0.304. The third-order valence-electron chi connectivity index (χ3n) is 10.9. The minimum Gasteiger partial charge on any atom is -0.495 e. The minimum absolute atomic E-state index is 0.132. The van der Waals surface area contributed by atoms with Gasteiger partial charge in [0, 0.05) is 77.5 Å². The van der Waals surface area contributed by atoms with E-state index in [2.05, 4.69) is 63.6 Å². The SMILES string of the molecule is COc1ccc(N2C[C@@H](C)N[C@@H](C)C2)cc1NS(=O)(=O)c1cccc2cccc(Cl)c12.Cc1ccc(N2C[C@@H](C)N[C@@H](C)C2)cc1NS(=O)(=O)c1cccc2ccccc12. The number of ether oxygens (including phenoxy) is 1. The summed E-state index contributed by atoms with van der Waals surface area (Å²) in [5, 5.41) is 10.3. The normalized spacial score (nSPS) is 19.7. The molecule has 4 atom stereocenters. The molecule has 2 saturated heterocycles. The largest absolute Gasteiger partial charge is 0.495 e. The number of benzene rings is 6. The first kappa shape index (κ1) is 43.1. The van der Waals surface area contributed by atoms with Crippen LogP contribution in [-0.2, 0) is 20.0 Å². The maximum atomic E-state index is 13.4. The zero-order chi connectivity index (χ0) is 42.8. The first-order valence-electron chi connectivity index (χ1n) is 20.1. The molecule has 0 aromatic heterocycles. The van der Waals surface area contributed by atoms with Gasteiger partial charge in [0.25, 0.3) is 20.0 Å². The summed E-state index contributed by atoms with van der Waals surface area (Å²) in [6.45, 7) is 14.0. The quantitative estimate of drug-likeness (QED) is 0.113. The Morgan fingerprint density at radius 1 is 0.600 bits per heavy atom. The van der Waals surface area contributed by atoms with Crippen molar-refractivity contribution < 1.29 is 21.6 Å². The van der Waals surface area contributed by atoms with Crippen LogP contribution >= 0.6 is 11.6 Å². The van der Waals surface area contributed by atoms with Gasteiger partial charge in [-0.15, -0.1) is 0 Å². The molecule has 0 aliphatic carbocycles. The van der Waals surface area contributed by atoms with Gasteiger partial charge in [-0.05, 0) is 99.5 Å². The second-order valence-corrected chi connectivity index (χ2v) is 19.6. The van der Waals surface area contributed by atoms with Crippen molar-refractivity contribution in [2.45, 2.75) is 68.6 Å². The first-order valence-corrected chi connectivity index (χ1v) is 23.5. The molecule has 2 heterocycles. The number of halogens is 1. The van der Waals surface area contributed by atoms with Crippen LogP contribution in [0.2, 0.25) is 5.02 Å². The Balaban J connectivity index is 0.000000182. The van der Waals surface area contributed by atoms with E-state index in [9.17, 15) is 16.8 Å². The number of fused-ring (bicyclic) bond motifs is 2. The van der Waals surface area contributed by atoms with Gasteiger partial charge in [-0.3, -0.25) is 9.44 Å². The third-order valence-corrected chi connectivity index (χ3v) is 14.0. The summed E-state index contributed by atoms with van der Waals surface area (Å²) in [4.78, 5) is 4.98. The highest BCUT2D eigenvalue weighted by Crippen LogP contribution is 2.36. The van der Waals surface area contributed by atoms with Gasteiger partial charge in [0.05, 0.1) is 28.3 Å². The lowest BCUT2D eigenvalue weighted by atomic mass is 10.1. The number of aryl methyl sites for hydroxylation is 1. The fourth-order valence-electron chi connectivity index (χ4n) is 8.28. The average Bonchev–Trinajstić information content (AvgIpc) is 3.20. The van der Waals surface area contributed by atoms with E-state index in [1.807, 2.05) is 73.7 Å². The number of nitrogens with one attached hydrogen (secondary N) is 4. The molecule has 316 valence electrons. The molecule has 0 saturated carbocycles. The molecule has 0 spiro atoms. The Morgan fingerprint density at radius 2 is 1.08 bits per heavy atom. The first-order chi connectivity index (χ1) is 28.6. The molecule has 6 aromatic rings. The second-order valence-electron chi connectivity index (χ2n) is 15.9. The lowest BCUT2D eigenvalue weighted by molar-refractivity contribution is 0.406. The molecule has 11 nitrogen and oxygen atoms in total. The molecule has 8 rings (SSSR count). The van der Waals surface area contributed by atoms with Gasteiger partial charge in [-0.25, -0.2) is 16.8 Å². The molecular weight excluding hydrogens is 816 g/mol. The summed E-state index contributed by atoms with van der Waals surface area (Å²) < 4.78 is 64.2. The number of hydrogen-bond donors (Lipinski definition) is 4. The highest BCUT2D eigenvalue weighted by molar-refractivity contribution is 7.93. The van der Waals surface area contributed by atoms with Crippen LogP contribution in [-0.4, -0.2) is 74.3 Å². The van der Waals surface area contributed by atoms with Crippen LogP contribution in [0.15, 0.2) is 125 Å². The number of piperazine rings is 2. The summed E-state index contributed by atoms with van der Waals surface area (Å²) in [6.07, 6.45) is 0. The van der Waals surface area contributed by atoms with Crippen molar-refractivity contribution in [2.75, 3.05) is 52.5 Å². The van der Waals surface area contributed by atoms with Crippen LogP contribution in [0.1, 0.15) is 33.3 Å². The fourth-order valence-corrected chi connectivity index (χ4v) is 11.3. The Morgan fingerprint density at radius 3 is 1.70 bits per heavy atom. The Labute approximate surface area is 359 Å². The van der Waals surface area contributed by atoms with Crippen LogP contribution < -0.4 is 34.6 Å². The number of methoxy groups -OCH3 is 1. The van der Waals surface area contributed by atoms with Gasteiger partial charge in [0.1, 0.15) is 5.75 Å². The monoisotopic (exact) mass is 868 g/mol. The van der Waals surface area contributed by atoms with Crippen molar-refractivity contribution >= 4 is 75.9 Å². The van der Waals surface area contributed by atoms with Gasteiger partial charge >= 0.3 is 0 Å². The van der Waals surface area contributed by atoms with Gasteiger partial charge < -0.3 is 25.2 Å². The average molecular weight is 870 g/mol. The van der Waals surface area contributed by atoms with E-state index in [0.29, 0.717) is 56.6 Å². The minimum atomic E-state index is -3.91. The van der Waals surface area contributed by atoms with Crippen LogP contribution in [0.5, 0.6) is 5.75 Å². The van der Waals surface area contributed by atoms with Crippen molar-refractivity contribution in [3.05, 3.63) is 126 Å². The van der Waals surface area contributed by atoms with Crippen molar-refractivity contribution in [3.63, 3.8) is 0 Å². The van der Waals surface area contributed by atoms with Crippen LogP contribution in [0, 0.1) is 6.92 Å². The Hall–Kier alpha value is -5.05. The van der Waals surface area contributed by atoms with Gasteiger partial charge in [-0.2, -0.15) is 0 Å². The Kier molecular flexibility index (Phi) is 12.8. The van der Waals surface area contributed by atoms with Crippen LogP contribution in [0.3, 0.4) is 0 Å². The molecule has 2 aliphatic heterocycles. The topological polar surface area (TPSA) is 132 Å². The number of rotatable bonds is 9. The standard InChI is InChI=1S/C23H26ClN3O3S.C23H27N3O2S/c1-15-13-27(14-16(2)25-15)18-10-11-21(30-3)20(12-18)26-31(28,29)22-9-5-7-17-6-4-8-19(24)23(17)22;1-16-11-12-20(26-14-17(2)24-18(3)15-26)13-22(16)25-29(27,28)23-10-6-8-19-7-4-5-9-21(19)23/h4-12,15-16,25-26H,13-14H2,1-3H3;4-13,17-18,24-25H,14-15H2,1-3H3/t15-,16+;17-,18+. The lowest BCUT2D eigenvalue weighted by Crippen LogP contribution is -2.54. The van der Waals surface area contributed by atoms with Gasteiger partial charge in [0.15, 0.2) is 0 Å². The van der Waals surface area contributed by atoms with Crippen molar-refractivity contribution in [3.8, 4) is 5.75 Å². The number of sulfonamides is 2. The van der Waals surface area contributed by atoms with E-state index in [1.165, 1.54) is 7.11 Å². The summed E-state index contributed by atoms with van der Waals surface area (Å²) in [5.41, 5.74) is 3.88. The third kappa shape index (κ3) is 9.61. The zero-order valence-corrected chi connectivity index (χ0v) is 37.1. The highest BCUT2D eigenvalue weighted by Gasteiger charge is 2.26. The van der Waals surface area contributed by atoms with Crippen LogP contribution in [0.4, 0.5) is 22.7 Å². The molecule has 2 aliphatic rings. The number of nitrogens with zero attached hydrogens (tertiary/aromatic N) is 2. The molecule has 0 bridgehead atoms.